The van der Waals surface area contributed by atoms with Crippen molar-refractivity contribution < 1.29 is 9.53 Å². The lowest BCUT2D eigenvalue weighted by Crippen LogP contribution is -2.52. The Morgan fingerprint density at radius 2 is 1.96 bits per heavy atom. The number of tetrazole rings is 1. The first-order valence-electron chi connectivity index (χ1n) is 9.34. The summed E-state index contributed by atoms with van der Waals surface area (Å²) < 4.78 is 7.02. The topological polar surface area (TPSA) is 76.4 Å². The Hall–Kier alpha value is -1.54. The maximum absolute atomic E-state index is 12.1. The molecule has 0 unspecified atom stereocenters. The summed E-state index contributed by atoms with van der Waals surface area (Å²) in [4.78, 5) is 16.7. The highest BCUT2D eigenvalue weighted by molar-refractivity contribution is 5.77. The summed E-state index contributed by atoms with van der Waals surface area (Å²) in [5.41, 5.74) is 0.324. The molecule has 25 heavy (non-hydrogen) atoms. The average Bonchev–Trinajstić information content (AvgIpc) is 3.03. The Morgan fingerprint density at radius 1 is 1.16 bits per heavy atom. The van der Waals surface area contributed by atoms with Gasteiger partial charge in [0.25, 0.3) is 0 Å². The number of aromatic nitrogens is 4. The van der Waals surface area contributed by atoms with Gasteiger partial charge in [-0.2, -0.15) is 0 Å². The number of nitrogens with zero attached hydrogens (tertiary/aromatic N) is 6. The van der Waals surface area contributed by atoms with Crippen LogP contribution in [0, 0.1) is 12.3 Å². The molecule has 0 bridgehead atoms. The number of carbonyl (C=O) groups is 1. The van der Waals surface area contributed by atoms with Crippen LogP contribution in [0.4, 0.5) is 0 Å². The fraction of sp³-hybridized carbons (Fsp3) is 0.882. The van der Waals surface area contributed by atoms with Crippen molar-refractivity contribution in [1.82, 2.24) is 30.0 Å². The number of carbonyl (C=O) groups excluding carboxylic acids is 1. The molecule has 3 heterocycles. The lowest BCUT2D eigenvalue weighted by Gasteiger charge is -2.47. The number of methoxy groups -OCH3 is 1. The quantitative estimate of drug-likeness (QED) is 0.721. The minimum Gasteiger partial charge on any atom is -0.383 e. The van der Waals surface area contributed by atoms with E-state index in [-0.39, 0.29) is 0 Å². The number of piperidine rings is 2. The molecule has 2 saturated heterocycles. The maximum atomic E-state index is 12.1. The van der Waals surface area contributed by atoms with Crippen molar-refractivity contribution in [3.8, 4) is 0 Å². The normalized spacial score (nSPS) is 21.2. The molecule has 1 amide bonds. The van der Waals surface area contributed by atoms with Crippen molar-refractivity contribution in [3.63, 3.8) is 0 Å². The number of aryl methyl sites for hydroxylation is 2. The van der Waals surface area contributed by atoms with Crippen molar-refractivity contribution in [2.45, 2.75) is 45.6 Å². The molecule has 0 aromatic carbocycles. The van der Waals surface area contributed by atoms with Crippen LogP contribution in [0.3, 0.4) is 0 Å². The number of likely N-dealkylation sites (tertiary alicyclic amines) is 2. The van der Waals surface area contributed by atoms with Gasteiger partial charge in [0, 0.05) is 33.2 Å². The molecule has 2 aliphatic rings. The van der Waals surface area contributed by atoms with Crippen LogP contribution in [-0.4, -0.2) is 82.4 Å². The molecule has 0 saturated carbocycles. The third-order valence-corrected chi connectivity index (χ3v) is 5.79. The van der Waals surface area contributed by atoms with E-state index in [4.69, 9.17) is 4.74 Å². The molecular formula is C17H30N6O2. The van der Waals surface area contributed by atoms with E-state index < -0.39 is 0 Å². The Labute approximate surface area is 149 Å². The fourth-order valence-electron chi connectivity index (χ4n) is 4.07. The molecule has 2 aliphatic heterocycles. The molecule has 1 aromatic rings. The molecule has 2 fully saturated rings. The zero-order chi connectivity index (χ0) is 17.7. The van der Waals surface area contributed by atoms with Crippen LogP contribution >= 0.6 is 0 Å². The van der Waals surface area contributed by atoms with Gasteiger partial charge in [0.05, 0.1) is 6.61 Å². The summed E-state index contributed by atoms with van der Waals surface area (Å²) in [6, 6.07) is 0. The minimum absolute atomic E-state index is 0.293. The van der Waals surface area contributed by atoms with Gasteiger partial charge in [-0.25, -0.2) is 4.68 Å². The molecule has 0 atom stereocenters. The van der Waals surface area contributed by atoms with E-state index in [0.717, 1.165) is 57.9 Å². The monoisotopic (exact) mass is 350 g/mol. The summed E-state index contributed by atoms with van der Waals surface area (Å²) in [6.07, 6.45) is 5.19. The smallest absolute Gasteiger partial charge is 0.222 e. The van der Waals surface area contributed by atoms with E-state index in [1.807, 2.05) is 16.5 Å². The maximum Gasteiger partial charge on any atom is 0.222 e. The average molecular weight is 350 g/mol. The van der Waals surface area contributed by atoms with E-state index in [9.17, 15) is 4.79 Å². The highest BCUT2D eigenvalue weighted by Gasteiger charge is 2.40. The number of rotatable bonds is 7. The van der Waals surface area contributed by atoms with Crippen molar-refractivity contribution in [3.05, 3.63) is 5.82 Å². The Morgan fingerprint density at radius 3 is 2.64 bits per heavy atom. The second kappa shape index (κ2) is 8.23. The SMILES string of the molecule is COCCN1CC2(CCC1=O)CCN(CCCn1nnnc1C)CC2. The zero-order valence-corrected chi connectivity index (χ0v) is 15.5. The van der Waals surface area contributed by atoms with Gasteiger partial charge in [-0.3, -0.25) is 4.79 Å². The second-order valence-corrected chi connectivity index (χ2v) is 7.45. The van der Waals surface area contributed by atoms with Crippen molar-refractivity contribution in [2.24, 2.45) is 5.41 Å². The lowest BCUT2D eigenvalue weighted by atomic mass is 9.72. The number of hydrogen-bond donors (Lipinski definition) is 0. The molecule has 8 nitrogen and oxygen atoms in total. The van der Waals surface area contributed by atoms with Crippen molar-refractivity contribution >= 4 is 5.91 Å². The number of hydrogen-bond acceptors (Lipinski definition) is 6. The van der Waals surface area contributed by atoms with E-state index in [0.29, 0.717) is 24.3 Å². The van der Waals surface area contributed by atoms with Crippen LogP contribution in [-0.2, 0) is 16.1 Å². The van der Waals surface area contributed by atoms with Gasteiger partial charge in [0.15, 0.2) is 0 Å². The van der Waals surface area contributed by atoms with Crippen LogP contribution in [0.2, 0.25) is 0 Å². The van der Waals surface area contributed by atoms with Gasteiger partial charge in [-0.1, -0.05) is 0 Å². The summed E-state index contributed by atoms with van der Waals surface area (Å²) in [7, 11) is 1.69. The van der Waals surface area contributed by atoms with E-state index in [2.05, 4.69) is 20.4 Å². The molecule has 1 spiro atoms. The molecule has 0 aliphatic carbocycles. The summed E-state index contributed by atoms with van der Waals surface area (Å²) in [5.74, 6) is 1.17. The van der Waals surface area contributed by atoms with E-state index in [1.54, 1.807) is 7.11 Å². The van der Waals surface area contributed by atoms with Gasteiger partial charge in [-0.15, -0.1) is 5.10 Å². The molecular weight excluding hydrogens is 320 g/mol. The van der Waals surface area contributed by atoms with Crippen molar-refractivity contribution in [2.75, 3.05) is 46.4 Å². The first kappa shape index (κ1) is 18.3. The summed E-state index contributed by atoms with van der Waals surface area (Å²) in [5, 5.41) is 11.6. The van der Waals surface area contributed by atoms with Crippen LogP contribution in [0.25, 0.3) is 0 Å². The predicted octanol–water partition coefficient (Wildman–Crippen LogP) is 0.723. The standard InChI is InChI=1S/C17H30N6O2/c1-15-18-19-20-23(15)9-3-8-21-10-6-17(7-11-21)5-4-16(24)22(14-17)12-13-25-2/h3-14H2,1-2H3. The Balaban J connectivity index is 1.43. The Bertz CT molecular complexity index is 567. The first-order valence-corrected chi connectivity index (χ1v) is 9.34. The second-order valence-electron chi connectivity index (χ2n) is 7.45. The number of amides is 1. The zero-order valence-electron chi connectivity index (χ0n) is 15.5. The molecule has 0 N–H and O–H groups in total. The summed E-state index contributed by atoms with van der Waals surface area (Å²) >= 11 is 0. The van der Waals surface area contributed by atoms with Crippen LogP contribution in [0.1, 0.15) is 37.9 Å². The van der Waals surface area contributed by atoms with Gasteiger partial charge in [0.2, 0.25) is 5.91 Å². The van der Waals surface area contributed by atoms with Crippen LogP contribution < -0.4 is 0 Å². The van der Waals surface area contributed by atoms with Gasteiger partial charge >= 0.3 is 0 Å². The molecule has 140 valence electrons. The van der Waals surface area contributed by atoms with Gasteiger partial charge < -0.3 is 14.5 Å². The molecule has 0 radical (unpaired) electrons. The van der Waals surface area contributed by atoms with Crippen molar-refractivity contribution in [1.29, 1.82) is 0 Å². The minimum atomic E-state index is 0.293. The third kappa shape index (κ3) is 4.55. The molecule has 8 heteroatoms. The highest BCUT2D eigenvalue weighted by Crippen LogP contribution is 2.40. The summed E-state index contributed by atoms with van der Waals surface area (Å²) in [6.45, 7) is 8.41. The van der Waals surface area contributed by atoms with Gasteiger partial charge in [-0.05, 0) is 68.1 Å². The van der Waals surface area contributed by atoms with E-state index in [1.165, 1.54) is 12.8 Å². The lowest BCUT2D eigenvalue weighted by molar-refractivity contribution is -0.139. The first-order chi connectivity index (χ1) is 12.1. The third-order valence-electron chi connectivity index (χ3n) is 5.79. The highest BCUT2D eigenvalue weighted by atomic mass is 16.5. The Kier molecular flexibility index (Phi) is 6.01. The molecule has 1 aromatic heterocycles. The predicted molar refractivity (Wildman–Crippen MR) is 93.0 cm³/mol. The molecule has 3 rings (SSSR count). The number of ether oxygens (including phenoxy) is 1. The van der Waals surface area contributed by atoms with Gasteiger partial charge in [0.1, 0.15) is 5.82 Å². The van der Waals surface area contributed by atoms with Crippen LogP contribution in [0.15, 0.2) is 0 Å². The van der Waals surface area contributed by atoms with Crippen LogP contribution in [0.5, 0.6) is 0 Å². The fourth-order valence-corrected chi connectivity index (χ4v) is 4.07. The largest absolute Gasteiger partial charge is 0.383 e. The van der Waals surface area contributed by atoms with E-state index >= 15 is 0 Å².